The first-order chi connectivity index (χ1) is 13.3. The van der Waals surface area contributed by atoms with Crippen molar-refractivity contribution in [3.8, 4) is 5.88 Å². The molecule has 7 nitrogen and oxygen atoms in total. The number of rotatable bonds is 11. The second-order valence-electron chi connectivity index (χ2n) is 6.49. The van der Waals surface area contributed by atoms with Gasteiger partial charge >= 0.3 is 0 Å². The van der Waals surface area contributed by atoms with Gasteiger partial charge in [-0.1, -0.05) is 24.3 Å². The van der Waals surface area contributed by atoms with Crippen LogP contribution in [0.4, 0.5) is 4.39 Å². The molecule has 1 heterocycles. The Bertz CT molecular complexity index is 829. The van der Waals surface area contributed by atoms with Crippen molar-refractivity contribution in [1.29, 1.82) is 0 Å². The van der Waals surface area contributed by atoms with Crippen LogP contribution in [-0.4, -0.2) is 46.0 Å². The Morgan fingerprint density at radius 2 is 1.89 bits per heavy atom. The van der Waals surface area contributed by atoms with Crippen LogP contribution in [0.25, 0.3) is 0 Å². The Hall–Kier alpha value is -2.07. The van der Waals surface area contributed by atoms with Crippen molar-refractivity contribution in [2.75, 3.05) is 26.5 Å². The molecule has 0 amide bonds. The van der Waals surface area contributed by atoms with Crippen molar-refractivity contribution in [3.63, 3.8) is 0 Å². The average molecular weight is 411 g/mol. The van der Waals surface area contributed by atoms with Crippen LogP contribution in [0, 0.1) is 5.82 Å². The predicted octanol–water partition coefficient (Wildman–Crippen LogP) is 2.01. The van der Waals surface area contributed by atoms with Gasteiger partial charge in [-0.3, -0.25) is 0 Å². The number of hydrogen-bond acceptors (Lipinski definition) is 6. The summed E-state index contributed by atoms with van der Waals surface area (Å²) in [6, 6.07) is 10.1. The minimum absolute atomic E-state index is 0.277. The van der Waals surface area contributed by atoms with E-state index in [9.17, 15) is 12.8 Å². The molecule has 2 rings (SSSR count). The third-order valence-electron chi connectivity index (χ3n) is 3.91. The molecule has 0 radical (unpaired) electrons. The molecule has 0 aliphatic carbocycles. The summed E-state index contributed by atoms with van der Waals surface area (Å²) in [7, 11) is -1.67. The standard InChI is InChI=1S/C19H26FN3O4S/c1-14(23-28(3,24)25)16-6-4-15(5-7-16)10-21-12-18(13-26-2)27-19-9-8-17(20)11-22-19/h4-9,11,14,18,21,23H,10,12-13H2,1-3H3/t14-,18+/m1/s1. The fourth-order valence-electron chi connectivity index (χ4n) is 2.61. The van der Waals surface area contributed by atoms with E-state index in [2.05, 4.69) is 15.0 Å². The normalized spacial score (nSPS) is 13.9. The molecule has 0 fully saturated rings. The maximum absolute atomic E-state index is 12.9. The fourth-order valence-corrected chi connectivity index (χ4v) is 3.39. The number of nitrogens with one attached hydrogen (secondary N) is 2. The zero-order chi connectivity index (χ0) is 20.6. The molecule has 0 saturated heterocycles. The number of ether oxygens (including phenoxy) is 2. The Balaban J connectivity index is 1.85. The fraction of sp³-hybridized carbons (Fsp3) is 0.421. The van der Waals surface area contributed by atoms with E-state index in [1.54, 1.807) is 14.0 Å². The van der Waals surface area contributed by atoms with Gasteiger partial charge in [0.1, 0.15) is 11.9 Å². The molecular weight excluding hydrogens is 385 g/mol. The summed E-state index contributed by atoms with van der Waals surface area (Å²) in [6.45, 7) is 3.28. The van der Waals surface area contributed by atoms with Gasteiger partial charge in [-0.2, -0.15) is 0 Å². The first kappa shape index (κ1) is 22.2. The number of hydrogen-bond donors (Lipinski definition) is 2. The van der Waals surface area contributed by atoms with Crippen molar-refractivity contribution >= 4 is 10.0 Å². The predicted molar refractivity (Wildman–Crippen MR) is 105 cm³/mol. The third-order valence-corrected chi connectivity index (χ3v) is 4.69. The van der Waals surface area contributed by atoms with Crippen molar-refractivity contribution in [1.82, 2.24) is 15.0 Å². The summed E-state index contributed by atoms with van der Waals surface area (Å²) in [5.74, 6) is -0.0831. The van der Waals surface area contributed by atoms with Crippen LogP contribution in [0.15, 0.2) is 42.6 Å². The highest BCUT2D eigenvalue weighted by atomic mass is 32.2. The van der Waals surface area contributed by atoms with Gasteiger partial charge in [0.05, 0.1) is 19.1 Å². The molecule has 0 bridgehead atoms. The van der Waals surface area contributed by atoms with Crippen LogP contribution in [-0.2, 0) is 21.3 Å². The number of aromatic nitrogens is 1. The molecule has 154 valence electrons. The van der Waals surface area contributed by atoms with E-state index < -0.39 is 15.8 Å². The molecule has 0 aliphatic rings. The van der Waals surface area contributed by atoms with Crippen molar-refractivity contribution in [2.45, 2.75) is 25.6 Å². The van der Waals surface area contributed by atoms with Crippen LogP contribution < -0.4 is 14.8 Å². The second-order valence-corrected chi connectivity index (χ2v) is 8.27. The van der Waals surface area contributed by atoms with Crippen molar-refractivity contribution in [2.24, 2.45) is 0 Å². The molecule has 2 N–H and O–H groups in total. The lowest BCUT2D eigenvalue weighted by Crippen LogP contribution is -2.34. The SMILES string of the molecule is COC[C@H](CNCc1ccc([C@@H](C)NS(C)(=O)=O)cc1)Oc1ccc(F)cn1. The molecule has 2 aromatic rings. The summed E-state index contributed by atoms with van der Waals surface area (Å²) in [4.78, 5) is 3.89. The molecule has 0 unspecified atom stereocenters. The van der Waals surface area contributed by atoms with Gasteiger partial charge in [0, 0.05) is 32.3 Å². The summed E-state index contributed by atoms with van der Waals surface area (Å²) in [5, 5.41) is 3.29. The molecule has 2 atom stereocenters. The van der Waals surface area contributed by atoms with E-state index in [0.29, 0.717) is 25.6 Å². The van der Waals surface area contributed by atoms with E-state index in [4.69, 9.17) is 9.47 Å². The van der Waals surface area contributed by atoms with E-state index in [1.807, 2.05) is 24.3 Å². The minimum atomic E-state index is -3.25. The van der Waals surface area contributed by atoms with Crippen LogP contribution in [0.5, 0.6) is 5.88 Å². The van der Waals surface area contributed by atoms with Crippen LogP contribution in [0.2, 0.25) is 0 Å². The summed E-state index contributed by atoms with van der Waals surface area (Å²) in [5.41, 5.74) is 1.93. The lowest BCUT2D eigenvalue weighted by molar-refractivity contribution is 0.0772. The quantitative estimate of drug-likeness (QED) is 0.588. The highest BCUT2D eigenvalue weighted by Crippen LogP contribution is 2.14. The highest BCUT2D eigenvalue weighted by molar-refractivity contribution is 7.88. The van der Waals surface area contributed by atoms with Gasteiger partial charge < -0.3 is 14.8 Å². The van der Waals surface area contributed by atoms with Crippen LogP contribution in [0.3, 0.4) is 0 Å². The molecule has 1 aromatic heterocycles. The maximum Gasteiger partial charge on any atom is 0.213 e. The van der Waals surface area contributed by atoms with Gasteiger partial charge in [-0.25, -0.2) is 22.5 Å². The molecule has 1 aromatic carbocycles. The highest BCUT2D eigenvalue weighted by Gasteiger charge is 2.12. The maximum atomic E-state index is 12.9. The average Bonchev–Trinajstić information content (AvgIpc) is 2.63. The lowest BCUT2D eigenvalue weighted by Gasteiger charge is -2.18. The van der Waals surface area contributed by atoms with Crippen LogP contribution >= 0.6 is 0 Å². The molecule has 9 heteroatoms. The smallest absolute Gasteiger partial charge is 0.213 e. The van der Waals surface area contributed by atoms with Gasteiger partial charge in [-0.05, 0) is 24.1 Å². The second kappa shape index (κ2) is 10.5. The van der Waals surface area contributed by atoms with E-state index in [1.165, 1.54) is 12.1 Å². The molecule has 0 spiro atoms. The van der Waals surface area contributed by atoms with Crippen molar-refractivity contribution < 1.29 is 22.3 Å². The molecular formula is C19H26FN3O4S. The van der Waals surface area contributed by atoms with Gasteiger partial charge in [0.25, 0.3) is 0 Å². The lowest BCUT2D eigenvalue weighted by atomic mass is 10.1. The number of benzene rings is 1. The van der Waals surface area contributed by atoms with Gasteiger partial charge in [0.2, 0.25) is 15.9 Å². The van der Waals surface area contributed by atoms with Crippen molar-refractivity contribution in [3.05, 3.63) is 59.5 Å². The first-order valence-electron chi connectivity index (χ1n) is 8.81. The van der Waals surface area contributed by atoms with Crippen LogP contribution in [0.1, 0.15) is 24.1 Å². The number of methoxy groups -OCH3 is 1. The zero-order valence-corrected chi connectivity index (χ0v) is 17.0. The summed E-state index contributed by atoms with van der Waals surface area (Å²) >= 11 is 0. The Morgan fingerprint density at radius 3 is 2.46 bits per heavy atom. The van der Waals surface area contributed by atoms with E-state index in [-0.39, 0.29) is 12.1 Å². The summed E-state index contributed by atoms with van der Waals surface area (Å²) in [6.07, 6.45) is 1.97. The molecule has 28 heavy (non-hydrogen) atoms. The largest absolute Gasteiger partial charge is 0.471 e. The number of nitrogens with zero attached hydrogens (tertiary/aromatic N) is 1. The molecule has 0 aliphatic heterocycles. The monoisotopic (exact) mass is 411 g/mol. The van der Waals surface area contributed by atoms with Gasteiger partial charge in [-0.15, -0.1) is 0 Å². The third kappa shape index (κ3) is 7.89. The van der Waals surface area contributed by atoms with E-state index >= 15 is 0 Å². The number of halogens is 1. The Morgan fingerprint density at radius 1 is 1.18 bits per heavy atom. The van der Waals surface area contributed by atoms with E-state index in [0.717, 1.165) is 23.6 Å². The zero-order valence-electron chi connectivity index (χ0n) is 16.2. The Kier molecular flexibility index (Phi) is 8.31. The first-order valence-corrected chi connectivity index (χ1v) is 10.7. The molecule has 0 saturated carbocycles. The van der Waals surface area contributed by atoms with Gasteiger partial charge in [0.15, 0.2) is 0 Å². The summed E-state index contributed by atoms with van der Waals surface area (Å²) < 4.78 is 49.0. The number of sulfonamides is 1. The topological polar surface area (TPSA) is 89.6 Å². The Labute approximate surface area is 165 Å². The minimum Gasteiger partial charge on any atom is -0.471 e. The number of pyridine rings is 1.